The van der Waals surface area contributed by atoms with Crippen LogP contribution in [0, 0.1) is 11.8 Å². The Hall–Kier alpha value is -1.01. The van der Waals surface area contributed by atoms with Gasteiger partial charge in [-0.05, 0) is 10.4 Å². The lowest BCUT2D eigenvalue weighted by Gasteiger charge is -2.35. The number of piperidine rings is 1. The van der Waals surface area contributed by atoms with Crippen molar-refractivity contribution in [2.24, 2.45) is 11.8 Å². The zero-order valence-corrected chi connectivity index (χ0v) is 8.36. The van der Waals surface area contributed by atoms with Gasteiger partial charge in [-0.15, -0.1) is 5.10 Å². The molecule has 1 aromatic rings. The average Bonchev–Trinajstić information content (AvgIpc) is 2.63. The standard InChI is InChI=1S/C9H13N5O/c1-7-8(2-13(1)6-3-15-4-6)9(7)14-5-10-11-12-14/h5-9H,1-4H2/t7-,8+,9?. The molecule has 0 amide bonds. The van der Waals surface area contributed by atoms with E-state index in [1.54, 1.807) is 6.33 Å². The van der Waals surface area contributed by atoms with E-state index < -0.39 is 0 Å². The molecule has 3 fully saturated rings. The number of fused-ring (bicyclic) bond motifs is 1. The predicted octanol–water partition coefficient (Wildman–Crippen LogP) is -0.825. The molecule has 1 aliphatic carbocycles. The molecule has 3 atom stereocenters. The van der Waals surface area contributed by atoms with E-state index in [0.717, 1.165) is 25.0 Å². The first kappa shape index (κ1) is 8.18. The van der Waals surface area contributed by atoms with E-state index >= 15 is 0 Å². The molecular formula is C9H13N5O. The average molecular weight is 207 g/mol. The highest BCUT2D eigenvalue weighted by atomic mass is 16.5. The minimum Gasteiger partial charge on any atom is -0.378 e. The highest BCUT2D eigenvalue weighted by Gasteiger charge is 2.58. The number of hydrogen-bond donors (Lipinski definition) is 0. The number of likely N-dealkylation sites (tertiary alicyclic amines) is 1. The van der Waals surface area contributed by atoms with Crippen molar-refractivity contribution in [3.8, 4) is 0 Å². The Labute approximate surface area is 87.2 Å². The lowest BCUT2D eigenvalue weighted by atomic mass is 10.2. The van der Waals surface area contributed by atoms with Gasteiger partial charge in [0.2, 0.25) is 0 Å². The SMILES string of the molecule is c1nnnn1C1[C@H]2CN(C3COC3)C[C@@H]12. The summed E-state index contributed by atoms with van der Waals surface area (Å²) in [5.74, 6) is 1.54. The predicted molar refractivity (Wildman–Crippen MR) is 50.0 cm³/mol. The fourth-order valence-electron chi connectivity index (χ4n) is 2.96. The van der Waals surface area contributed by atoms with Crippen LogP contribution >= 0.6 is 0 Å². The summed E-state index contributed by atoms with van der Waals surface area (Å²) in [7, 11) is 0. The molecule has 2 saturated heterocycles. The van der Waals surface area contributed by atoms with Crippen LogP contribution in [0.2, 0.25) is 0 Å². The van der Waals surface area contributed by atoms with Gasteiger partial charge in [0, 0.05) is 24.9 Å². The van der Waals surface area contributed by atoms with E-state index in [9.17, 15) is 0 Å². The molecule has 0 N–H and O–H groups in total. The highest BCUT2D eigenvalue weighted by Crippen LogP contribution is 2.55. The van der Waals surface area contributed by atoms with Crippen molar-refractivity contribution in [3.05, 3.63) is 6.33 Å². The van der Waals surface area contributed by atoms with Gasteiger partial charge in [0.25, 0.3) is 0 Å². The molecule has 4 rings (SSSR count). The summed E-state index contributed by atoms with van der Waals surface area (Å²) in [5, 5.41) is 11.4. The molecule has 0 bridgehead atoms. The zero-order chi connectivity index (χ0) is 9.83. The maximum atomic E-state index is 5.22. The second kappa shape index (κ2) is 2.76. The molecule has 1 saturated carbocycles. The fraction of sp³-hybridized carbons (Fsp3) is 0.889. The smallest absolute Gasteiger partial charge is 0.138 e. The quantitative estimate of drug-likeness (QED) is 0.634. The molecule has 3 heterocycles. The topological polar surface area (TPSA) is 56.1 Å². The third-order valence-electron chi connectivity index (χ3n) is 3.98. The normalized spacial score (nSPS) is 40.1. The van der Waals surface area contributed by atoms with E-state index in [2.05, 4.69) is 20.4 Å². The van der Waals surface area contributed by atoms with Gasteiger partial charge in [-0.2, -0.15) is 0 Å². The Morgan fingerprint density at radius 3 is 2.53 bits per heavy atom. The van der Waals surface area contributed by atoms with Crippen LogP contribution in [0.4, 0.5) is 0 Å². The molecule has 1 aromatic heterocycles. The van der Waals surface area contributed by atoms with Gasteiger partial charge < -0.3 is 4.74 Å². The van der Waals surface area contributed by atoms with Crippen molar-refractivity contribution in [2.75, 3.05) is 26.3 Å². The maximum absolute atomic E-state index is 5.22. The van der Waals surface area contributed by atoms with Gasteiger partial charge in [0.05, 0.1) is 25.3 Å². The number of aromatic nitrogens is 4. The van der Waals surface area contributed by atoms with Crippen molar-refractivity contribution in [1.29, 1.82) is 0 Å². The highest BCUT2D eigenvalue weighted by molar-refractivity contribution is 5.09. The summed E-state index contributed by atoms with van der Waals surface area (Å²) in [6.45, 7) is 4.25. The summed E-state index contributed by atoms with van der Waals surface area (Å²) in [5.41, 5.74) is 0. The molecule has 2 aliphatic heterocycles. The van der Waals surface area contributed by atoms with Crippen LogP contribution in [-0.2, 0) is 4.74 Å². The zero-order valence-electron chi connectivity index (χ0n) is 8.36. The molecular weight excluding hydrogens is 194 g/mol. The fourth-order valence-corrected chi connectivity index (χ4v) is 2.96. The molecule has 0 aromatic carbocycles. The Kier molecular flexibility index (Phi) is 1.51. The van der Waals surface area contributed by atoms with Crippen molar-refractivity contribution in [1.82, 2.24) is 25.1 Å². The first-order valence-electron chi connectivity index (χ1n) is 5.48. The second-order valence-corrected chi connectivity index (χ2v) is 4.75. The van der Waals surface area contributed by atoms with Crippen LogP contribution < -0.4 is 0 Å². The first-order valence-corrected chi connectivity index (χ1v) is 5.48. The van der Waals surface area contributed by atoms with Crippen molar-refractivity contribution in [3.63, 3.8) is 0 Å². The Morgan fingerprint density at radius 1 is 1.20 bits per heavy atom. The summed E-state index contributed by atoms with van der Waals surface area (Å²) in [4.78, 5) is 2.56. The monoisotopic (exact) mass is 207 g/mol. The number of rotatable bonds is 2. The molecule has 6 heteroatoms. The summed E-state index contributed by atoms with van der Waals surface area (Å²) in [6, 6.07) is 1.25. The minimum atomic E-state index is 0.567. The molecule has 0 radical (unpaired) electrons. The van der Waals surface area contributed by atoms with E-state index in [4.69, 9.17) is 4.74 Å². The summed E-state index contributed by atoms with van der Waals surface area (Å²) < 4.78 is 7.14. The first-order chi connectivity index (χ1) is 7.43. The van der Waals surface area contributed by atoms with Crippen molar-refractivity contribution < 1.29 is 4.74 Å². The van der Waals surface area contributed by atoms with Crippen LogP contribution in [0.3, 0.4) is 0 Å². The van der Waals surface area contributed by atoms with E-state index in [-0.39, 0.29) is 0 Å². The van der Waals surface area contributed by atoms with Crippen LogP contribution in [0.15, 0.2) is 6.33 Å². The van der Waals surface area contributed by atoms with Crippen molar-refractivity contribution >= 4 is 0 Å². The van der Waals surface area contributed by atoms with Gasteiger partial charge in [0.15, 0.2) is 0 Å². The molecule has 1 unspecified atom stereocenters. The number of ether oxygens (including phenoxy) is 1. The van der Waals surface area contributed by atoms with Gasteiger partial charge >= 0.3 is 0 Å². The Bertz CT molecular complexity index is 351. The number of hydrogen-bond acceptors (Lipinski definition) is 5. The summed E-state index contributed by atoms with van der Waals surface area (Å²) >= 11 is 0. The minimum absolute atomic E-state index is 0.567. The van der Waals surface area contributed by atoms with Crippen LogP contribution in [0.25, 0.3) is 0 Å². The Balaban J connectivity index is 1.43. The second-order valence-electron chi connectivity index (χ2n) is 4.75. The molecule has 15 heavy (non-hydrogen) atoms. The lowest BCUT2D eigenvalue weighted by molar-refractivity contribution is -0.0617. The van der Waals surface area contributed by atoms with Gasteiger partial charge in [-0.3, -0.25) is 4.90 Å². The van der Waals surface area contributed by atoms with Gasteiger partial charge in [-0.25, -0.2) is 4.68 Å². The largest absolute Gasteiger partial charge is 0.378 e. The molecule has 3 aliphatic rings. The number of tetrazole rings is 1. The Morgan fingerprint density at radius 2 is 2.00 bits per heavy atom. The third kappa shape index (κ3) is 1.09. The van der Waals surface area contributed by atoms with Gasteiger partial charge in [-0.1, -0.05) is 0 Å². The van der Waals surface area contributed by atoms with Crippen LogP contribution in [0.5, 0.6) is 0 Å². The lowest BCUT2D eigenvalue weighted by Crippen LogP contribution is -2.49. The van der Waals surface area contributed by atoms with Crippen LogP contribution in [-0.4, -0.2) is 57.5 Å². The van der Waals surface area contributed by atoms with Crippen molar-refractivity contribution in [2.45, 2.75) is 12.1 Å². The van der Waals surface area contributed by atoms with E-state index in [0.29, 0.717) is 12.1 Å². The van der Waals surface area contributed by atoms with E-state index in [1.807, 2.05) is 4.68 Å². The number of nitrogens with zero attached hydrogens (tertiary/aromatic N) is 5. The summed E-state index contributed by atoms with van der Waals surface area (Å²) in [6.07, 6.45) is 1.74. The van der Waals surface area contributed by atoms with Crippen LogP contribution in [0.1, 0.15) is 6.04 Å². The molecule has 80 valence electrons. The molecule has 6 nitrogen and oxygen atoms in total. The maximum Gasteiger partial charge on any atom is 0.138 e. The molecule has 0 spiro atoms. The van der Waals surface area contributed by atoms with Gasteiger partial charge in [0.1, 0.15) is 6.33 Å². The third-order valence-corrected chi connectivity index (χ3v) is 3.98. The van der Waals surface area contributed by atoms with E-state index in [1.165, 1.54) is 13.1 Å².